The standard InChI is InChI=1S/C49H34ClN/c50-37-26-31-42-43-18-11-21-47(48(43)49(46(42)32-37)44-19-9-7-16-40(44)41-17-8-10-20-45(41)49)51(38-27-22-35(23-28-38)33-12-3-1-4-13-33)39-29-24-36(25-30-39)34-14-5-2-6-15-34/h1-9,11-19,21-32H,10,20H2. The number of hydrogen-bond donors (Lipinski definition) is 0. The number of rotatable bonds is 5. The van der Waals surface area contributed by atoms with Gasteiger partial charge in [-0.3, -0.25) is 0 Å². The summed E-state index contributed by atoms with van der Waals surface area (Å²) in [5.41, 5.74) is 18.4. The Labute approximate surface area is 304 Å². The molecule has 3 aliphatic rings. The van der Waals surface area contributed by atoms with Crippen LogP contribution in [0.25, 0.3) is 39.0 Å². The second-order valence-electron chi connectivity index (χ2n) is 13.7. The molecular weight excluding hydrogens is 638 g/mol. The highest BCUT2D eigenvalue weighted by molar-refractivity contribution is 6.31. The highest BCUT2D eigenvalue weighted by Crippen LogP contribution is 2.66. The van der Waals surface area contributed by atoms with E-state index in [-0.39, 0.29) is 0 Å². The van der Waals surface area contributed by atoms with Crippen molar-refractivity contribution >= 4 is 34.2 Å². The molecule has 0 heterocycles. The smallest absolute Gasteiger partial charge is 0.0709 e. The van der Waals surface area contributed by atoms with Crippen LogP contribution in [-0.2, 0) is 5.41 Å². The summed E-state index contributed by atoms with van der Waals surface area (Å²) in [4.78, 5) is 2.47. The first-order valence-electron chi connectivity index (χ1n) is 17.8. The molecule has 51 heavy (non-hydrogen) atoms. The molecule has 1 nitrogen and oxygen atoms in total. The monoisotopic (exact) mass is 671 g/mol. The largest absolute Gasteiger partial charge is 0.310 e. The van der Waals surface area contributed by atoms with Gasteiger partial charge in [-0.2, -0.15) is 0 Å². The number of benzene rings is 7. The van der Waals surface area contributed by atoms with Gasteiger partial charge in [0.2, 0.25) is 0 Å². The lowest BCUT2D eigenvalue weighted by atomic mass is 9.67. The molecule has 0 saturated heterocycles. The summed E-state index contributed by atoms with van der Waals surface area (Å²) in [7, 11) is 0. The fourth-order valence-corrected chi connectivity index (χ4v) is 9.11. The SMILES string of the molecule is Clc1ccc2c(c1)C1(C3=C(C=CCC3)c3ccccc31)c1c-2cccc1N(c1ccc(-c2ccccc2)cc1)c1ccc(-c2ccccc2)cc1. The molecule has 0 radical (unpaired) electrons. The van der Waals surface area contributed by atoms with Gasteiger partial charge in [-0.25, -0.2) is 0 Å². The van der Waals surface area contributed by atoms with Gasteiger partial charge >= 0.3 is 0 Å². The second kappa shape index (κ2) is 11.9. The Balaban J connectivity index is 1.25. The first-order chi connectivity index (χ1) is 25.2. The van der Waals surface area contributed by atoms with Crippen molar-refractivity contribution in [3.63, 3.8) is 0 Å². The predicted molar refractivity (Wildman–Crippen MR) is 214 cm³/mol. The van der Waals surface area contributed by atoms with E-state index >= 15 is 0 Å². The predicted octanol–water partition coefficient (Wildman–Crippen LogP) is 13.6. The highest BCUT2D eigenvalue weighted by Gasteiger charge is 2.54. The molecule has 3 aliphatic carbocycles. The van der Waals surface area contributed by atoms with Crippen molar-refractivity contribution in [1.82, 2.24) is 0 Å². The van der Waals surface area contributed by atoms with Crippen LogP contribution in [0.4, 0.5) is 17.1 Å². The molecule has 0 bridgehead atoms. The molecule has 1 unspecified atom stereocenters. The van der Waals surface area contributed by atoms with Crippen molar-refractivity contribution in [2.75, 3.05) is 4.90 Å². The Morgan fingerprint density at radius 3 is 1.75 bits per heavy atom. The average molecular weight is 672 g/mol. The van der Waals surface area contributed by atoms with Crippen LogP contribution >= 0.6 is 11.6 Å². The minimum absolute atomic E-state index is 0.463. The van der Waals surface area contributed by atoms with Crippen molar-refractivity contribution in [2.45, 2.75) is 18.3 Å². The van der Waals surface area contributed by atoms with E-state index in [1.807, 2.05) is 0 Å². The van der Waals surface area contributed by atoms with E-state index in [9.17, 15) is 0 Å². The van der Waals surface area contributed by atoms with Crippen LogP contribution < -0.4 is 4.90 Å². The number of nitrogens with zero attached hydrogens (tertiary/aromatic N) is 1. The third kappa shape index (κ3) is 4.55. The normalized spacial score (nSPS) is 16.5. The quantitative estimate of drug-likeness (QED) is 0.176. The fraction of sp³-hybridized carbons (Fsp3) is 0.0612. The van der Waals surface area contributed by atoms with E-state index in [0.717, 1.165) is 29.2 Å². The summed E-state index contributed by atoms with van der Waals surface area (Å²) < 4.78 is 0. The molecule has 1 atom stereocenters. The van der Waals surface area contributed by atoms with Gasteiger partial charge in [0, 0.05) is 22.0 Å². The van der Waals surface area contributed by atoms with E-state index < -0.39 is 5.41 Å². The van der Waals surface area contributed by atoms with E-state index in [1.165, 1.54) is 72.5 Å². The molecule has 1 spiro atoms. The number of halogens is 1. The maximum Gasteiger partial charge on any atom is 0.0709 e. The summed E-state index contributed by atoms with van der Waals surface area (Å²) in [5, 5.41) is 0.769. The first kappa shape index (κ1) is 30.0. The van der Waals surface area contributed by atoms with Crippen molar-refractivity contribution in [3.8, 4) is 33.4 Å². The number of hydrogen-bond acceptors (Lipinski definition) is 1. The summed E-state index contributed by atoms with van der Waals surface area (Å²) in [6.07, 6.45) is 6.72. The lowest BCUT2D eigenvalue weighted by Gasteiger charge is -2.37. The molecule has 0 saturated carbocycles. The minimum Gasteiger partial charge on any atom is -0.310 e. The van der Waals surface area contributed by atoms with E-state index in [2.05, 4.69) is 187 Å². The van der Waals surface area contributed by atoms with Crippen LogP contribution in [0.5, 0.6) is 0 Å². The zero-order chi connectivity index (χ0) is 33.9. The summed E-state index contributed by atoms with van der Waals surface area (Å²) >= 11 is 6.91. The number of anilines is 3. The minimum atomic E-state index is -0.463. The van der Waals surface area contributed by atoms with Crippen molar-refractivity contribution < 1.29 is 0 Å². The lowest BCUT2D eigenvalue weighted by Crippen LogP contribution is -2.30. The first-order valence-corrected chi connectivity index (χ1v) is 18.1. The van der Waals surface area contributed by atoms with Crippen molar-refractivity contribution in [1.29, 1.82) is 0 Å². The lowest BCUT2D eigenvalue weighted by molar-refractivity contribution is 0.714. The highest BCUT2D eigenvalue weighted by atomic mass is 35.5. The van der Waals surface area contributed by atoms with Crippen LogP contribution in [0, 0.1) is 0 Å². The molecule has 10 rings (SSSR count). The maximum absolute atomic E-state index is 6.91. The summed E-state index contributed by atoms with van der Waals surface area (Å²) in [6.45, 7) is 0. The summed E-state index contributed by atoms with van der Waals surface area (Å²) in [6, 6.07) is 61.8. The number of fused-ring (bicyclic) bond motifs is 9. The van der Waals surface area contributed by atoms with Gasteiger partial charge in [0.05, 0.1) is 11.1 Å². The van der Waals surface area contributed by atoms with Crippen LogP contribution in [0.2, 0.25) is 5.02 Å². The molecule has 0 fully saturated rings. The van der Waals surface area contributed by atoms with E-state index in [4.69, 9.17) is 11.6 Å². The van der Waals surface area contributed by atoms with E-state index in [0.29, 0.717) is 0 Å². The van der Waals surface area contributed by atoms with Crippen LogP contribution in [0.1, 0.15) is 35.1 Å². The van der Waals surface area contributed by atoms with Gasteiger partial charge in [-0.1, -0.05) is 151 Å². The maximum atomic E-state index is 6.91. The molecule has 0 aliphatic heterocycles. The van der Waals surface area contributed by atoms with Gasteiger partial charge in [-0.05, 0) is 117 Å². The van der Waals surface area contributed by atoms with Gasteiger partial charge in [-0.15, -0.1) is 0 Å². The molecule has 7 aromatic carbocycles. The van der Waals surface area contributed by atoms with Crippen LogP contribution in [-0.4, -0.2) is 0 Å². The zero-order valence-corrected chi connectivity index (χ0v) is 28.8. The Morgan fingerprint density at radius 2 is 1.08 bits per heavy atom. The molecule has 0 amide bonds. The Hall–Kier alpha value is -5.89. The number of allylic oxidation sites excluding steroid dienone is 4. The van der Waals surface area contributed by atoms with Gasteiger partial charge in [0.15, 0.2) is 0 Å². The molecular formula is C49H34ClN. The van der Waals surface area contributed by atoms with Gasteiger partial charge in [0.1, 0.15) is 0 Å². The molecule has 242 valence electrons. The molecule has 7 aromatic rings. The Bertz CT molecular complexity index is 2430. The van der Waals surface area contributed by atoms with E-state index in [1.54, 1.807) is 0 Å². The van der Waals surface area contributed by atoms with Crippen molar-refractivity contribution in [3.05, 3.63) is 215 Å². The van der Waals surface area contributed by atoms with Crippen molar-refractivity contribution in [2.24, 2.45) is 0 Å². The van der Waals surface area contributed by atoms with Gasteiger partial charge in [0.25, 0.3) is 0 Å². The third-order valence-corrected chi connectivity index (χ3v) is 11.3. The zero-order valence-electron chi connectivity index (χ0n) is 28.1. The molecule has 2 heteroatoms. The Kier molecular flexibility index (Phi) is 6.98. The topological polar surface area (TPSA) is 3.24 Å². The average Bonchev–Trinajstić information content (AvgIpc) is 3.66. The van der Waals surface area contributed by atoms with Crippen LogP contribution in [0.15, 0.2) is 188 Å². The summed E-state index contributed by atoms with van der Waals surface area (Å²) in [5.74, 6) is 0. The molecule has 0 aromatic heterocycles. The third-order valence-electron chi connectivity index (χ3n) is 11.0. The Morgan fingerprint density at radius 1 is 0.490 bits per heavy atom. The van der Waals surface area contributed by atoms with Gasteiger partial charge < -0.3 is 4.90 Å². The van der Waals surface area contributed by atoms with Crippen LogP contribution in [0.3, 0.4) is 0 Å². The molecule has 0 N–H and O–H groups in total. The second-order valence-corrected chi connectivity index (χ2v) is 14.1. The fourth-order valence-electron chi connectivity index (χ4n) is 8.94.